The molecule has 0 bridgehead atoms. The number of hydrogen-bond donors (Lipinski definition) is 2. The smallest absolute Gasteiger partial charge is 0.188 e. The summed E-state index contributed by atoms with van der Waals surface area (Å²) in [5.41, 5.74) is 9.58. The lowest BCUT2D eigenvalue weighted by atomic mass is 10.1. The largest absolute Gasteiger partial charge is 0.379 e. The molecular weight excluding hydrogens is 326 g/mol. The van der Waals surface area contributed by atoms with Crippen molar-refractivity contribution in [2.45, 2.75) is 19.5 Å². The fourth-order valence-corrected chi connectivity index (χ4v) is 2.96. The molecule has 1 aromatic carbocycles. The number of benzene rings is 1. The van der Waals surface area contributed by atoms with Gasteiger partial charge in [0.05, 0.1) is 19.8 Å². The topological polar surface area (TPSA) is 75.8 Å². The summed E-state index contributed by atoms with van der Waals surface area (Å²) in [6.45, 7) is 5.83. The average molecular weight is 353 g/mol. The molecule has 0 atom stereocenters. The monoisotopic (exact) mass is 353 g/mol. The highest BCUT2D eigenvalue weighted by atomic mass is 16.5. The van der Waals surface area contributed by atoms with Crippen molar-refractivity contribution in [2.75, 3.05) is 32.8 Å². The predicted molar refractivity (Wildman–Crippen MR) is 104 cm³/mol. The van der Waals surface area contributed by atoms with Crippen molar-refractivity contribution >= 4 is 5.96 Å². The summed E-state index contributed by atoms with van der Waals surface area (Å²) in [6, 6.07) is 14.4. The Morgan fingerprint density at radius 1 is 1.12 bits per heavy atom. The summed E-state index contributed by atoms with van der Waals surface area (Å²) < 4.78 is 5.42. The molecule has 26 heavy (non-hydrogen) atoms. The van der Waals surface area contributed by atoms with E-state index in [0.717, 1.165) is 51.5 Å². The van der Waals surface area contributed by atoms with Crippen LogP contribution in [0.5, 0.6) is 0 Å². The summed E-state index contributed by atoms with van der Waals surface area (Å²) >= 11 is 0. The van der Waals surface area contributed by atoms with Gasteiger partial charge in [-0.1, -0.05) is 30.3 Å². The fourth-order valence-electron chi connectivity index (χ4n) is 2.96. The van der Waals surface area contributed by atoms with Gasteiger partial charge in [0.1, 0.15) is 0 Å². The third-order valence-electron chi connectivity index (χ3n) is 4.45. The second-order valence-electron chi connectivity index (χ2n) is 6.36. The zero-order valence-electron chi connectivity index (χ0n) is 15.1. The first kappa shape index (κ1) is 18.4. The number of pyridine rings is 1. The van der Waals surface area contributed by atoms with Crippen molar-refractivity contribution in [2.24, 2.45) is 10.7 Å². The Balaban J connectivity index is 1.50. The van der Waals surface area contributed by atoms with Gasteiger partial charge >= 0.3 is 0 Å². The van der Waals surface area contributed by atoms with Crippen LogP contribution in [0.2, 0.25) is 0 Å². The van der Waals surface area contributed by atoms with Crippen molar-refractivity contribution < 1.29 is 4.74 Å². The van der Waals surface area contributed by atoms with E-state index in [4.69, 9.17) is 10.5 Å². The molecule has 6 heteroatoms. The summed E-state index contributed by atoms with van der Waals surface area (Å²) in [4.78, 5) is 11.2. The summed E-state index contributed by atoms with van der Waals surface area (Å²) in [5, 5.41) is 3.16. The molecule has 0 aliphatic carbocycles. The van der Waals surface area contributed by atoms with Crippen molar-refractivity contribution in [3.8, 4) is 0 Å². The minimum atomic E-state index is 0.474. The Bertz CT molecular complexity index is 698. The number of aromatic nitrogens is 1. The van der Waals surface area contributed by atoms with Gasteiger partial charge in [-0.3, -0.25) is 9.88 Å². The third kappa shape index (κ3) is 5.82. The summed E-state index contributed by atoms with van der Waals surface area (Å²) in [5.74, 6) is 0.474. The Morgan fingerprint density at radius 2 is 1.88 bits per heavy atom. The second kappa shape index (κ2) is 9.89. The molecule has 138 valence electrons. The molecule has 1 saturated heterocycles. The zero-order chi connectivity index (χ0) is 18.0. The molecule has 3 N–H and O–H groups in total. The standard InChI is InChI=1S/C20H27N5O/c21-20(23-10-8-19-7-3-4-9-22-19)24-15-17-5-1-2-6-18(17)16-25-11-13-26-14-12-25/h1-7,9H,8,10-16H2,(H3,21,23,24). The number of aliphatic imine (C=N–C) groups is 1. The van der Waals surface area contributed by atoms with Crippen molar-refractivity contribution in [3.63, 3.8) is 0 Å². The maximum Gasteiger partial charge on any atom is 0.188 e. The maximum atomic E-state index is 6.01. The van der Waals surface area contributed by atoms with Gasteiger partial charge < -0.3 is 15.8 Å². The van der Waals surface area contributed by atoms with Crippen LogP contribution in [0.4, 0.5) is 0 Å². The molecule has 0 radical (unpaired) electrons. The van der Waals surface area contributed by atoms with Gasteiger partial charge in [0, 0.05) is 44.5 Å². The van der Waals surface area contributed by atoms with Gasteiger partial charge in [0.25, 0.3) is 0 Å². The predicted octanol–water partition coefficient (Wildman–Crippen LogP) is 1.56. The second-order valence-corrected chi connectivity index (χ2v) is 6.36. The number of nitrogens with two attached hydrogens (primary N) is 1. The van der Waals surface area contributed by atoms with E-state index >= 15 is 0 Å². The lowest BCUT2D eigenvalue weighted by Gasteiger charge is -2.27. The first-order valence-corrected chi connectivity index (χ1v) is 9.12. The van der Waals surface area contributed by atoms with Crippen LogP contribution >= 0.6 is 0 Å². The van der Waals surface area contributed by atoms with Crippen LogP contribution in [0.25, 0.3) is 0 Å². The van der Waals surface area contributed by atoms with Crippen LogP contribution in [0.15, 0.2) is 53.7 Å². The Labute approximate surface area is 155 Å². The van der Waals surface area contributed by atoms with E-state index in [1.807, 2.05) is 18.2 Å². The quantitative estimate of drug-likeness (QED) is 0.584. The van der Waals surface area contributed by atoms with Gasteiger partial charge in [-0.2, -0.15) is 0 Å². The number of morpholine rings is 1. The van der Waals surface area contributed by atoms with Crippen LogP contribution < -0.4 is 11.1 Å². The Hall–Kier alpha value is -2.44. The fraction of sp³-hybridized carbons (Fsp3) is 0.400. The molecular formula is C20H27N5O. The molecule has 0 spiro atoms. The molecule has 2 heterocycles. The average Bonchev–Trinajstić information content (AvgIpc) is 2.69. The molecule has 1 aliphatic rings. The molecule has 0 amide bonds. The summed E-state index contributed by atoms with van der Waals surface area (Å²) in [6.07, 6.45) is 2.63. The molecule has 1 aliphatic heterocycles. The first-order chi connectivity index (χ1) is 12.8. The highest BCUT2D eigenvalue weighted by Gasteiger charge is 2.12. The normalized spacial score (nSPS) is 15.8. The number of nitrogens with zero attached hydrogens (tertiary/aromatic N) is 3. The number of hydrogen-bond acceptors (Lipinski definition) is 4. The maximum absolute atomic E-state index is 6.01. The van der Waals surface area contributed by atoms with E-state index in [1.165, 1.54) is 11.1 Å². The van der Waals surface area contributed by atoms with Crippen LogP contribution in [0, 0.1) is 0 Å². The number of rotatable bonds is 7. The molecule has 6 nitrogen and oxygen atoms in total. The Morgan fingerprint density at radius 3 is 2.65 bits per heavy atom. The highest BCUT2D eigenvalue weighted by Crippen LogP contribution is 2.14. The first-order valence-electron chi connectivity index (χ1n) is 9.12. The molecule has 0 saturated carbocycles. The Kier molecular flexibility index (Phi) is 6.98. The zero-order valence-corrected chi connectivity index (χ0v) is 15.1. The molecule has 1 fully saturated rings. The van der Waals surface area contributed by atoms with Crippen molar-refractivity contribution in [3.05, 3.63) is 65.5 Å². The van der Waals surface area contributed by atoms with E-state index < -0.39 is 0 Å². The van der Waals surface area contributed by atoms with Gasteiger partial charge in [-0.15, -0.1) is 0 Å². The summed E-state index contributed by atoms with van der Waals surface area (Å²) in [7, 11) is 0. The SMILES string of the molecule is NC(=NCc1ccccc1CN1CCOCC1)NCCc1ccccn1. The van der Waals surface area contributed by atoms with Gasteiger partial charge in [0.2, 0.25) is 0 Å². The van der Waals surface area contributed by atoms with Crippen LogP contribution in [0.1, 0.15) is 16.8 Å². The molecule has 1 aromatic heterocycles. The molecule has 3 rings (SSSR count). The molecule has 0 unspecified atom stereocenters. The van der Waals surface area contributed by atoms with Crippen molar-refractivity contribution in [1.82, 2.24) is 15.2 Å². The van der Waals surface area contributed by atoms with Crippen LogP contribution in [-0.2, 0) is 24.2 Å². The van der Waals surface area contributed by atoms with Crippen LogP contribution in [0.3, 0.4) is 0 Å². The lowest BCUT2D eigenvalue weighted by Crippen LogP contribution is -2.36. The van der Waals surface area contributed by atoms with E-state index in [9.17, 15) is 0 Å². The van der Waals surface area contributed by atoms with E-state index in [2.05, 4.69) is 44.5 Å². The van der Waals surface area contributed by atoms with Gasteiger partial charge in [-0.25, -0.2) is 4.99 Å². The van der Waals surface area contributed by atoms with Crippen LogP contribution in [-0.4, -0.2) is 48.7 Å². The van der Waals surface area contributed by atoms with Crippen molar-refractivity contribution in [1.29, 1.82) is 0 Å². The van der Waals surface area contributed by atoms with Gasteiger partial charge in [-0.05, 0) is 23.3 Å². The minimum Gasteiger partial charge on any atom is -0.379 e. The molecule has 2 aromatic rings. The number of ether oxygens (including phenoxy) is 1. The van der Waals surface area contributed by atoms with E-state index in [1.54, 1.807) is 6.20 Å². The highest BCUT2D eigenvalue weighted by molar-refractivity contribution is 5.77. The third-order valence-corrected chi connectivity index (χ3v) is 4.45. The lowest BCUT2D eigenvalue weighted by molar-refractivity contribution is 0.0341. The number of nitrogens with one attached hydrogen (secondary N) is 1. The van der Waals surface area contributed by atoms with E-state index in [0.29, 0.717) is 12.5 Å². The minimum absolute atomic E-state index is 0.474. The van der Waals surface area contributed by atoms with E-state index in [-0.39, 0.29) is 0 Å². The number of guanidine groups is 1. The van der Waals surface area contributed by atoms with Gasteiger partial charge in [0.15, 0.2) is 5.96 Å².